The zero-order chi connectivity index (χ0) is 16.2. The van der Waals surface area contributed by atoms with E-state index in [0.29, 0.717) is 13.0 Å². The summed E-state index contributed by atoms with van der Waals surface area (Å²) in [7, 11) is 0. The third kappa shape index (κ3) is 3.44. The minimum absolute atomic E-state index is 0.253. The van der Waals surface area contributed by atoms with Crippen molar-refractivity contribution >= 4 is 17.8 Å². The molecule has 1 fully saturated rings. The smallest absolute Gasteiger partial charge is 0.325 e. The van der Waals surface area contributed by atoms with Crippen LogP contribution in [-0.2, 0) is 16.1 Å². The third-order valence-electron chi connectivity index (χ3n) is 3.73. The maximum absolute atomic E-state index is 12.3. The van der Waals surface area contributed by atoms with Gasteiger partial charge in [-0.1, -0.05) is 43.7 Å². The molecule has 22 heavy (non-hydrogen) atoms. The lowest BCUT2D eigenvalue weighted by molar-refractivity contribution is -0.134. The number of carbonyl (C=O) groups is 3. The number of amides is 4. The summed E-state index contributed by atoms with van der Waals surface area (Å²) in [5.41, 5.74) is 0.0646. The topological polar surface area (TPSA) is 78.5 Å². The Hall–Kier alpha value is -2.37. The van der Waals surface area contributed by atoms with Gasteiger partial charge in [0.1, 0.15) is 12.1 Å². The summed E-state index contributed by atoms with van der Waals surface area (Å²) in [4.78, 5) is 37.1. The fourth-order valence-electron chi connectivity index (χ4n) is 2.56. The Morgan fingerprint density at radius 2 is 1.95 bits per heavy atom. The number of hydrogen-bond donors (Lipinski definition) is 2. The molecule has 1 aliphatic rings. The van der Waals surface area contributed by atoms with E-state index in [4.69, 9.17) is 0 Å². The normalized spacial score (nSPS) is 20.9. The molecule has 1 saturated heterocycles. The summed E-state index contributed by atoms with van der Waals surface area (Å²) >= 11 is 0. The molecule has 2 rings (SSSR count). The first-order chi connectivity index (χ1) is 10.5. The number of rotatable bonds is 6. The van der Waals surface area contributed by atoms with E-state index in [1.54, 1.807) is 6.92 Å². The molecule has 6 heteroatoms. The number of urea groups is 1. The molecule has 4 amide bonds. The van der Waals surface area contributed by atoms with E-state index in [1.807, 2.05) is 37.3 Å². The van der Waals surface area contributed by atoms with Crippen molar-refractivity contribution in [2.45, 2.75) is 38.8 Å². The van der Waals surface area contributed by atoms with E-state index in [-0.39, 0.29) is 18.4 Å². The van der Waals surface area contributed by atoms with E-state index in [0.717, 1.165) is 16.9 Å². The Morgan fingerprint density at radius 3 is 2.59 bits per heavy atom. The first-order valence-electron chi connectivity index (χ1n) is 7.41. The standard InChI is InChI=1S/C16H21N3O3/c1-3-9-16(2)14(21)19(15(22)18-16)11-13(20)17-10-12-7-5-4-6-8-12/h4-8H,3,9-11H2,1-2H3,(H,17,20)(H,18,22)/t16-/m0/s1. The van der Waals surface area contributed by atoms with Gasteiger partial charge in [-0.25, -0.2) is 4.79 Å². The Kier molecular flexibility index (Phi) is 4.80. The molecule has 0 spiro atoms. The number of benzene rings is 1. The SMILES string of the molecule is CCC[C@]1(C)NC(=O)N(CC(=O)NCc2ccccc2)C1=O. The van der Waals surface area contributed by atoms with Gasteiger partial charge < -0.3 is 10.6 Å². The Morgan fingerprint density at radius 1 is 1.27 bits per heavy atom. The van der Waals surface area contributed by atoms with Crippen molar-refractivity contribution in [1.29, 1.82) is 0 Å². The van der Waals surface area contributed by atoms with Crippen LogP contribution in [0.2, 0.25) is 0 Å². The van der Waals surface area contributed by atoms with Crippen molar-refractivity contribution in [3.63, 3.8) is 0 Å². The van der Waals surface area contributed by atoms with Gasteiger partial charge in [0.25, 0.3) is 5.91 Å². The fourth-order valence-corrected chi connectivity index (χ4v) is 2.56. The van der Waals surface area contributed by atoms with E-state index in [9.17, 15) is 14.4 Å². The van der Waals surface area contributed by atoms with Gasteiger partial charge in [0.2, 0.25) is 5.91 Å². The molecular weight excluding hydrogens is 282 g/mol. The molecule has 0 unspecified atom stereocenters. The largest absolute Gasteiger partial charge is 0.350 e. The molecule has 0 aliphatic carbocycles. The second kappa shape index (κ2) is 6.60. The highest BCUT2D eigenvalue weighted by molar-refractivity contribution is 6.08. The number of hydrogen-bond acceptors (Lipinski definition) is 3. The summed E-state index contributed by atoms with van der Waals surface area (Å²) < 4.78 is 0. The number of imide groups is 1. The Labute approximate surface area is 129 Å². The molecule has 0 bridgehead atoms. The van der Waals surface area contributed by atoms with E-state index < -0.39 is 11.6 Å². The molecule has 0 radical (unpaired) electrons. The molecule has 0 aromatic heterocycles. The van der Waals surface area contributed by atoms with Gasteiger partial charge in [-0.3, -0.25) is 14.5 Å². The molecule has 118 valence electrons. The summed E-state index contributed by atoms with van der Waals surface area (Å²) in [5.74, 6) is -0.692. The quantitative estimate of drug-likeness (QED) is 0.780. The van der Waals surface area contributed by atoms with Crippen LogP contribution >= 0.6 is 0 Å². The van der Waals surface area contributed by atoms with Gasteiger partial charge >= 0.3 is 6.03 Å². The lowest BCUT2D eigenvalue weighted by atomic mass is 9.96. The van der Waals surface area contributed by atoms with Gasteiger partial charge in [0, 0.05) is 6.54 Å². The third-order valence-corrected chi connectivity index (χ3v) is 3.73. The molecule has 1 aliphatic heterocycles. The van der Waals surface area contributed by atoms with Crippen molar-refractivity contribution in [2.75, 3.05) is 6.54 Å². The average Bonchev–Trinajstić information content (AvgIpc) is 2.70. The minimum Gasteiger partial charge on any atom is -0.350 e. The maximum atomic E-state index is 12.3. The summed E-state index contributed by atoms with van der Waals surface area (Å²) in [6, 6.07) is 8.95. The fraction of sp³-hybridized carbons (Fsp3) is 0.438. The highest BCUT2D eigenvalue weighted by Crippen LogP contribution is 2.22. The highest BCUT2D eigenvalue weighted by atomic mass is 16.2. The van der Waals surface area contributed by atoms with Crippen molar-refractivity contribution in [3.05, 3.63) is 35.9 Å². The van der Waals surface area contributed by atoms with Crippen LogP contribution in [0.15, 0.2) is 30.3 Å². The molecule has 1 heterocycles. The van der Waals surface area contributed by atoms with Crippen LogP contribution in [0.1, 0.15) is 32.3 Å². The first kappa shape index (κ1) is 16.0. The number of nitrogens with one attached hydrogen (secondary N) is 2. The van der Waals surface area contributed by atoms with Crippen LogP contribution in [0, 0.1) is 0 Å². The Bertz CT molecular complexity index is 573. The van der Waals surface area contributed by atoms with Crippen molar-refractivity contribution in [3.8, 4) is 0 Å². The first-order valence-corrected chi connectivity index (χ1v) is 7.41. The predicted molar refractivity (Wildman–Crippen MR) is 81.8 cm³/mol. The van der Waals surface area contributed by atoms with E-state index in [1.165, 1.54) is 0 Å². The molecule has 1 atom stereocenters. The molecule has 1 aromatic carbocycles. The Balaban J connectivity index is 1.91. The molecule has 0 saturated carbocycles. The zero-order valence-electron chi connectivity index (χ0n) is 12.9. The van der Waals surface area contributed by atoms with Crippen molar-refractivity contribution in [1.82, 2.24) is 15.5 Å². The average molecular weight is 303 g/mol. The van der Waals surface area contributed by atoms with Crippen LogP contribution in [-0.4, -0.2) is 34.8 Å². The van der Waals surface area contributed by atoms with Crippen LogP contribution in [0.3, 0.4) is 0 Å². The van der Waals surface area contributed by atoms with Crippen molar-refractivity contribution in [2.24, 2.45) is 0 Å². The maximum Gasteiger partial charge on any atom is 0.325 e. The van der Waals surface area contributed by atoms with Crippen LogP contribution in [0.25, 0.3) is 0 Å². The predicted octanol–water partition coefficient (Wildman–Crippen LogP) is 1.41. The van der Waals surface area contributed by atoms with E-state index >= 15 is 0 Å². The highest BCUT2D eigenvalue weighted by Gasteiger charge is 2.47. The number of carbonyl (C=O) groups excluding carboxylic acids is 3. The summed E-state index contributed by atoms with van der Waals surface area (Å²) in [6.45, 7) is 3.75. The molecule has 1 aromatic rings. The van der Waals surface area contributed by atoms with Gasteiger partial charge in [-0.2, -0.15) is 0 Å². The van der Waals surface area contributed by atoms with Crippen LogP contribution in [0.5, 0.6) is 0 Å². The number of nitrogens with zero attached hydrogens (tertiary/aromatic N) is 1. The lowest BCUT2D eigenvalue weighted by Gasteiger charge is -2.20. The summed E-state index contributed by atoms with van der Waals surface area (Å²) in [5, 5.41) is 5.38. The zero-order valence-corrected chi connectivity index (χ0v) is 12.9. The van der Waals surface area contributed by atoms with Crippen molar-refractivity contribution < 1.29 is 14.4 Å². The second-order valence-corrected chi connectivity index (χ2v) is 5.67. The second-order valence-electron chi connectivity index (χ2n) is 5.67. The van der Waals surface area contributed by atoms with Gasteiger partial charge in [0.15, 0.2) is 0 Å². The van der Waals surface area contributed by atoms with E-state index in [2.05, 4.69) is 10.6 Å². The monoisotopic (exact) mass is 303 g/mol. The van der Waals surface area contributed by atoms with Gasteiger partial charge in [0.05, 0.1) is 0 Å². The molecular formula is C16H21N3O3. The summed E-state index contributed by atoms with van der Waals surface area (Å²) in [6.07, 6.45) is 1.33. The molecule has 6 nitrogen and oxygen atoms in total. The van der Waals surface area contributed by atoms with Gasteiger partial charge in [-0.05, 0) is 18.9 Å². The van der Waals surface area contributed by atoms with Gasteiger partial charge in [-0.15, -0.1) is 0 Å². The minimum atomic E-state index is -0.897. The van der Waals surface area contributed by atoms with Crippen LogP contribution < -0.4 is 10.6 Å². The van der Waals surface area contributed by atoms with Crippen LogP contribution in [0.4, 0.5) is 4.79 Å². The molecule has 2 N–H and O–H groups in total. The lowest BCUT2D eigenvalue weighted by Crippen LogP contribution is -2.45.